The lowest BCUT2D eigenvalue weighted by atomic mass is 10.3. The molecule has 0 atom stereocenters. The van der Waals surface area contributed by atoms with Gasteiger partial charge in [0.05, 0.1) is 0 Å². The van der Waals surface area contributed by atoms with Crippen molar-refractivity contribution in [1.82, 2.24) is 4.89 Å². The van der Waals surface area contributed by atoms with E-state index in [1.165, 1.54) is 6.07 Å². The summed E-state index contributed by atoms with van der Waals surface area (Å²) in [5.41, 5.74) is 0. The van der Waals surface area contributed by atoms with E-state index in [1.807, 2.05) is 4.89 Å². The highest BCUT2D eigenvalue weighted by molar-refractivity contribution is 7.89. The van der Waals surface area contributed by atoms with Gasteiger partial charge < -0.3 is 4.74 Å². The molecule has 1 aliphatic heterocycles. The Labute approximate surface area is 75.3 Å². The fourth-order valence-electron chi connectivity index (χ4n) is 1.03. The van der Waals surface area contributed by atoms with Crippen molar-refractivity contribution >= 4 is 10.0 Å². The Hall–Kier alpha value is -1.11. The molecular weight excluding hydrogens is 194 g/mol. The molecule has 1 aromatic carbocycles. The quantitative estimate of drug-likeness (QED) is 0.653. The lowest BCUT2D eigenvalue weighted by Crippen LogP contribution is -2.22. The first kappa shape index (κ1) is 8.49. The van der Waals surface area contributed by atoms with Gasteiger partial charge in [-0.15, -0.1) is 0 Å². The lowest BCUT2D eigenvalue weighted by Gasteiger charge is -2.02. The molecule has 0 aromatic heterocycles. The maximum absolute atomic E-state index is 11.4. The first-order valence-corrected chi connectivity index (χ1v) is 5.04. The third-order valence-electron chi connectivity index (χ3n) is 1.58. The molecule has 0 saturated heterocycles. The summed E-state index contributed by atoms with van der Waals surface area (Å²) in [6.07, 6.45) is 0. The third-order valence-corrected chi connectivity index (χ3v) is 2.83. The van der Waals surface area contributed by atoms with E-state index in [9.17, 15) is 8.42 Å². The van der Waals surface area contributed by atoms with E-state index in [-0.39, 0.29) is 11.7 Å². The summed E-state index contributed by atoms with van der Waals surface area (Å²) in [7, 11) is -3.58. The molecule has 5 nitrogen and oxygen atoms in total. The number of nitrogens with one attached hydrogen (secondary N) is 1. The number of hydrogen-bond acceptors (Lipinski definition) is 4. The highest BCUT2D eigenvalue weighted by atomic mass is 32.2. The van der Waals surface area contributed by atoms with Gasteiger partial charge in [-0.05, 0) is 12.1 Å². The molecule has 0 amide bonds. The van der Waals surface area contributed by atoms with Crippen LogP contribution in [0.5, 0.6) is 5.75 Å². The van der Waals surface area contributed by atoms with Gasteiger partial charge in [0.25, 0.3) is 10.0 Å². The van der Waals surface area contributed by atoms with Crippen molar-refractivity contribution in [3.63, 3.8) is 0 Å². The Morgan fingerprint density at radius 3 is 2.92 bits per heavy atom. The van der Waals surface area contributed by atoms with Crippen LogP contribution >= 0.6 is 0 Å². The van der Waals surface area contributed by atoms with Crippen molar-refractivity contribution in [2.45, 2.75) is 4.90 Å². The van der Waals surface area contributed by atoms with Crippen LogP contribution < -0.4 is 9.62 Å². The zero-order valence-corrected chi connectivity index (χ0v) is 7.37. The van der Waals surface area contributed by atoms with E-state index < -0.39 is 10.0 Å². The largest absolute Gasteiger partial charge is 0.464 e. The number of fused-ring (bicyclic) bond motifs is 1. The van der Waals surface area contributed by atoms with Crippen LogP contribution in [0.2, 0.25) is 0 Å². The van der Waals surface area contributed by atoms with Crippen LogP contribution in [0, 0.1) is 0 Å². The maximum atomic E-state index is 11.4. The Morgan fingerprint density at radius 1 is 1.31 bits per heavy atom. The summed E-state index contributed by atoms with van der Waals surface area (Å²) in [4.78, 5) is 6.55. The van der Waals surface area contributed by atoms with E-state index in [0.717, 1.165) is 0 Å². The Morgan fingerprint density at radius 2 is 2.08 bits per heavy atom. The Kier molecular flexibility index (Phi) is 1.95. The smallest absolute Gasteiger partial charge is 0.266 e. The first-order valence-electron chi connectivity index (χ1n) is 3.55. The molecule has 1 aliphatic rings. The molecule has 0 unspecified atom stereocenters. The second kappa shape index (κ2) is 2.99. The highest BCUT2D eigenvalue weighted by Gasteiger charge is 2.22. The maximum Gasteiger partial charge on any atom is 0.266 e. The van der Waals surface area contributed by atoms with Crippen molar-refractivity contribution in [3.05, 3.63) is 24.3 Å². The second-order valence-corrected chi connectivity index (χ2v) is 4.05. The zero-order chi connectivity index (χ0) is 9.31. The van der Waals surface area contributed by atoms with Gasteiger partial charge in [-0.1, -0.05) is 17.0 Å². The molecule has 0 bridgehead atoms. The summed E-state index contributed by atoms with van der Waals surface area (Å²) < 4.78 is 27.8. The van der Waals surface area contributed by atoms with Crippen molar-refractivity contribution in [2.24, 2.45) is 0 Å². The Balaban J connectivity index is 2.62. The number of benzene rings is 1. The molecule has 0 spiro atoms. The minimum Gasteiger partial charge on any atom is -0.464 e. The lowest BCUT2D eigenvalue weighted by molar-refractivity contribution is -0.00922. The van der Waals surface area contributed by atoms with Crippen molar-refractivity contribution in [1.29, 1.82) is 0 Å². The molecule has 0 saturated carbocycles. The predicted octanol–water partition coefficient (Wildman–Crippen LogP) is 0.246. The average molecular weight is 201 g/mol. The van der Waals surface area contributed by atoms with Crippen molar-refractivity contribution in [2.75, 3.05) is 6.79 Å². The van der Waals surface area contributed by atoms with Crippen molar-refractivity contribution < 1.29 is 18.0 Å². The van der Waals surface area contributed by atoms with E-state index in [0.29, 0.717) is 5.75 Å². The minimum absolute atomic E-state index is 0.0903. The third kappa shape index (κ3) is 1.51. The van der Waals surface area contributed by atoms with Crippen LogP contribution in [0.15, 0.2) is 29.2 Å². The molecule has 6 heteroatoms. The fraction of sp³-hybridized carbons (Fsp3) is 0.143. The molecule has 1 heterocycles. The van der Waals surface area contributed by atoms with Gasteiger partial charge in [0.2, 0.25) is 6.79 Å². The van der Waals surface area contributed by atoms with Crippen LogP contribution in [0.3, 0.4) is 0 Å². The summed E-state index contributed by atoms with van der Waals surface area (Å²) in [5, 5.41) is 0. The number of sulfonamides is 1. The molecule has 1 N–H and O–H groups in total. The Bertz CT molecular complexity index is 414. The van der Waals surface area contributed by atoms with Gasteiger partial charge in [0, 0.05) is 0 Å². The van der Waals surface area contributed by atoms with Crippen LogP contribution in [0.25, 0.3) is 0 Å². The van der Waals surface area contributed by atoms with Crippen LogP contribution in [0.4, 0.5) is 0 Å². The normalized spacial score (nSPS) is 19.7. The summed E-state index contributed by atoms with van der Waals surface area (Å²) in [5.74, 6) is 0.299. The van der Waals surface area contributed by atoms with Gasteiger partial charge in [0.1, 0.15) is 10.6 Å². The first-order chi connectivity index (χ1) is 6.20. The van der Waals surface area contributed by atoms with Gasteiger partial charge in [-0.3, -0.25) is 0 Å². The van der Waals surface area contributed by atoms with Crippen LogP contribution in [-0.2, 0) is 14.9 Å². The topological polar surface area (TPSA) is 64.6 Å². The number of ether oxygens (including phenoxy) is 1. The zero-order valence-electron chi connectivity index (χ0n) is 6.56. The summed E-state index contributed by atoms with van der Waals surface area (Å²) in [6.45, 7) is -0.129. The molecule has 0 radical (unpaired) electrons. The van der Waals surface area contributed by atoms with E-state index in [1.54, 1.807) is 18.2 Å². The highest BCUT2D eigenvalue weighted by Crippen LogP contribution is 2.24. The molecule has 70 valence electrons. The van der Waals surface area contributed by atoms with E-state index >= 15 is 0 Å². The van der Waals surface area contributed by atoms with Gasteiger partial charge in [-0.25, -0.2) is 13.3 Å². The number of hydrogen-bond donors (Lipinski definition) is 1. The minimum atomic E-state index is -3.58. The molecule has 0 fully saturated rings. The van der Waals surface area contributed by atoms with Gasteiger partial charge in [0.15, 0.2) is 0 Å². The second-order valence-electron chi connectivity index (χ2n) is 2.44. The average Bonchev–Trinajstić information content (AvgIpc) is 2.26. The van der Waals surface area contributed by atoms with Gasteiger partial charge in [-0.2, -0.15) is 0 Å². The van der Waals surface area contributed by atoms with Gasteiger partial charge >= 0.3 is 0 Å². The SMILES string of the molecule is O=S1(=O)NOCOc2ccccc21. The number of para-hydroxylation sites is 1. The van der Waals surface area contributed by atoms with E-state index in [2.05, 4.69) is 4.84 Å². The fourth-order valence-corrected chi connectivity index (χ4v) is 1.97. The molecular formula is C7H7NO4S. The molecule has 13 heavy (non-hydrogen) atoms. The van der Waals surface area contributed by atoms with Crippen molar-refractivity contribution in [3.8, 4) is 5.75 Å². The summed E-state index contributed by atoms with van der Waals surface area (Å²) in [6, 6.07) is 6.34. The predicted molar refractivity (Wildman–Crippen MR) is 43.3 cm³/mol. The van der Waals surface area contributed by atoms with Crippen LogP contribution in [-0.4, -0.2) is 15.2 Å². The molecule has 0 aliphatic carbocycles. The van der Waals surface area contributed by atoms with E-state index in [4.69, 9.17) is 4.74 Å². The summed E-state index contributed by atoms with van der Waals surface area (Å²) >= 11 is 0. The molecule has 2 rings (SSSR count). The van der Waals surface area contributed by atoms with Crippen LogP contribution in [0.1, 0.15) is 0 Å². The standard InChI is InChI=1S/C7H7NO4S/c9-13(10)7-4-2-1-3-6(7)11-5-12-8-13/h1-4,8H,5H2. The monoisotopic (exact) mass is 201 g/mol. The molecule has 1 aromatic rings. The number of rotatable bonds is 0.